The van der Waals surface area contributed by atoms with Gasteiger partial charge in [-0.15, -0.1) is 0 Å². The molecule has 0 N–H and O–H groups in total. The van der Waals surface area contributed by atoms with Crippen LogP contribution in [0.4, 0.5) is 0 Å². The van der Waals surface area contributed by atoms with E-state index in [0.29, 0.717) is 23.0 Å². The number of benzene rings is 2. The van der Waals surface area contributed by atoms with E-state index in [4.69, 9.17) is 9.47 Å². The van der Waals surface area contributed by atoms with Crippen molar-refractivity contribution in [3.63, 3.8) is 0 Å². The third-order valence-corrected chi connectivity index (χ3v) is 6.23. The predicted molar refractivity (Wildman–Crippen MR) is 123 cm³/mol. The van der Waals surface area contributed by atoms with Gasteiger partial charge in [0.15, 0.2) is 0 Å². The first-order valence-corrected chi connectivity index (χ1v) is 11.7. The van der Waals surface area contributed by atoms with E-state index in [0.717, 1.165) is 5.92 Å². The summed E-state index contributed by atoms with van der Waals surface area (Å²) >= 11 is 0. The minimum Gasteiger partial charge on any atom is -0.427 e. The Morgan fingerprint density at radius 1 is 0.806 bits per heavy atom. The van der Waals surface area contributed by atoms with Crippen LogP contribution in [-0.4, -0.2) is 11.9 Å². The maximum absolute atomic E-state index is 12.4. The van der Waals surface area contributed by atoms with Crippen LogP contribution in [-0.2, 0) is 4.79 Å². The van der Waals surface area contributed by atoms with Crippen molar-refractivity contribution in [3.05, 3.63) is 59.7 Å². The van der Waals surface area contributed by atoms with Crippen molar-refractivity contribution < 1.29 is 19.1 Å². The molecule has 0 radical (unpaired) electrons. The molecular weight excluding hydrogens is 388 g/mol. The number of ether oxygens (including phenoxy) is 2. The van der Waals surface area contributed by atoms with Gasteiger partial charge < -0.3 is 9.47 Å². The molecule has 4 nitrogen and oxygen atoms in total. The standard InChI is InChI=1S/C27H34O4/c1-3-4-5-6-7-21-8-10-22(11-9-21)23-12-14-24(15-13-23)27(29)31-26-18-16-25(17-19-26)30-20(2)28/h12-19,21-22H,3-11H2,1-2H3. The van der Waals surface area contributed by atoms with Crippen molar-refractivity contribution in [1.82, 2.24) is 0 Å². The van der Waals surface area contributed by atoms with E-state index in [2.05, 4.69) is 19.1 Å². The molecule has 0 amide bonds. The molecule has 0 atom stereocenters. The van der Waals surface area contributed by atoms with Crippen LogP contribution in [0.25, 0.3) is 0 Å². The summed E-state index contributed by atoms with van der Waals surface area (Å²) in [7, 11) is 0. The molecule has 0 heterocycles. The van der Waals surface area contributed by atoms with E-state index >= 15 is 0 Å². The Morgan fingerprint density at radius 3 is 2.00 bits per heavy atom. The normalized spacial score (nSPS) is 18.4. The largest absolute Gasteiger partial charge is 0.427 e. The molecule has 0 saturated heterocycles. The highest BCUT2D eigenvalue weighted by Gasteiger charge is 2.22. The van der Waals surface area contributed by atoms with E-state index < -0.39 is 0 Å². The minimum atomic E-state index is -0.387. The Labute approximate surface area is 186 Å². The van der Waals surface area contributed by atoms with Gasteiger partial charge in [0.2, 0.25) is 0 Å². The van der Waals surface area contributed by atoms with E-state index in [1.54, 1.807) is 24.3 Å². The predicted octanol–water partition coefficient (Wildman–Crippen LogP) is 7.08. The van der Waals surface area contributed by atoms with Crippen molar-refractivity contribution in [3.8, 4) is 11.5 Å². The van der Waals surface area contributed by atoms with Crippen LogP contribution in [0.1, 0.15) is 93.5 Å². The maximum atomic E-state index is 12.4. The molecular formula is C27H34O4. The Hall–Kier alpha value is -2.62. The average Bonchev–Trinajstić information content (AvgIpc) is 2.78. The molecule has 1 fully saturated rings. The van der Waals surface area contributed by atoms with E-state index in [1.165, 1.54) is 70.3 Å². The smallest absolute Gasteiger partial charge is 0.343 e. The van der Waals surface area contributed by atoms with Crippen LogP contribution in [0.3, 0.4) is 0 Å². The van der Waals surface area contributed by atoms with E-state index in [1.807, 2.05) is 12.1 Å². The third kappa shape index (κ3) is 7.23. The molecule has 166 valence electrons. The fourth-order valence-electron chi connectivity index (χ4n) is 4.44. The molecule has 1 aliphatic carbocycles. The lowest BCUT2D eigenvalue weighted by atomic mass is 9.77. The summed E-state index contributed by atoms with van der Waals surface area (Å²) in [5.74, 6) is 1.57. The van der Waals surface area contributed by atoms with Gasteiger partial charge in [-0.3, -0.25) is 4.79 Å². The molecule has 2 aromatic carbocycles. The zero-order valence-corrected chi connectivity index (χ0v) is 18.8. The topological polar surface area (TPSA) is 52.6 Å². The second kappa shape index (κ2) is 11.7. The average molecular weight is 423 g/mol. The second-order valence-electron chi connectivity index (χ2n) is 8.64. The summed E-state index contributed by atoms with van der Waals surface area (Å²) in [6.45, 7) is 3.61. The zero-order chi connectivity index (χ0) is 22.1. The van der Waals surface area contributed by atoms with Crippen molar-refractivity contribution in [2.45, 2.75) is 77.6 Å². The number of carbonyl (C=O) groups is 2. The van der Waals surface area contributed by atoms with Crippen LogP contribution in [0, 0.1) is 5.92 Å². The Kier molecular flexibility index (Phi) is 8.69. The van der Waals surface area contributed by atoms with Gasteiger partial charge in [-0.25, -0.2) is 4.79 Å². The Morgan fingerprint density at radius 2 is 1.42 bits per heavy atom. The van der Waals surface area contributed by atoms with Crippen molar-refractivity contribution >= 4 is 11.9 Å². The number of unbranched alkanes of at least 4 members (excludes halogenated alkanes) is 3. The van der Waals surface area contributed by atoms with E-state index in [-0.39, 0.29) is 11.9 Å². The number of carbonyl (C=O) groups excluding carboxylic acids is 2. The van der Waals surface area contributed by atoms with Crippen LogP contribution in [0.5, 0.6) is 11.5 Å². The number of hydrogen-bond donors (Lipinski definition) is 0. The molecule has 1 saturated carbocycles. The number of rotatable bonds is 9. The van der Waals surface area contributed by atoms with Crippen LogP contribution in [0.2, 0.25) is 0 Å². The highest BCUT2D eigenvalue weighted by atomic mass is 16.5. The molecule has 3 rings (SSSR count). The van der Waals surface area contributed by atoms with Gasteiger partial charge in [0.05, 0.1) is 5.56 Å². The second-order valence-corrected chi connectivity index (χ2v) is 8.64. The Balaban J connectivity index is 1.47. The van der Waals surface area contributed by atoms with Crippen molar-refractivity contribution in [2.75, 3.05) is 0 Å². The van der Waals surface area contributed by atoms with E-state index in [9.17, 15) is 9.59 Å². The number of esters is 2. The fourth-order valence-corrected chi connectivity index (χ4v) is 4.44. The SMILES string of the molecule is CCCCCCC1CCC(c2ccc(C(=O)Oc3ccc(OC(C)=O)cc3)cc2)CC1. The molecule has 0 unspecified atom stereocenters. The van der Waals surface area contributed by atoms with Crippen LogP contribution in [0.15, 0.2) is 48.5 Å². The van der Waals surface area contributed by atoms with Gasteiger partial charge in [0.25, 0.3) is 0 Å². The van der Waals surface area contributed by atoms with Gasteiger partial charge in [0.1, 0.15) is 11.5 Å². The summed E-state index contributed by atoms with van der Waals surface area (Å²) in [5.41, 5.74) is 1.86. The Bertz CT molecular complexity index is 831. The molecule has 31 heavy (non-hydrogen) atoms. The fraction of sp³-hybridized carbons (Fsp3) is 0.481. The zero-order valence-electron chi connectivity index (χ0n) is 18.8. The highest BCUT2D eigenvalue weighted by molar-refractivity contribution is 5.91. The summed E-state index contributed by atoms with van der Waals surface area (Å²) in [6.07, 6.45) is 12.0. The van der Waals surface area contributed by atoms with Gasteiger partial charge >= 0.3 is 11.9 Å². The van der Waals surface area contributed by atoms with Gasteiger partial charge in [-0.05, 0) is 79.5 Å². The first-order valence-electron chi connectivity index (χ1n) is 11.7. The molecule has 0 aliphatic heterocycles. The van der Waals surface area contributed by atoms with Crippen molar-refractivity contribution in [1.29, 1.82) is 0 Å². The van der Waals surface area contributed by atoms with Gasteiger partial charge in [0, 0.05) is 6.92 Å². The lowest BCUT2D eigenvalue weighted by Gasteiger charge is -2.29. The molecule has 1 aliphatic rings. The first-order chi connectivity index (χ1) is 15.0. The highest BCUT2D eigenvalue weighted by Crippen LogP contribution is 2.37. The summed E-state index contributed by atoms with van der Waals surface area (Å²) in [4.78, 5) is 23.4. The third-order valence-electron chi connectivity index (χ3n) is 6.23. The summed E-state index contributed by atoms with van der Waals surface area (Å²) < 4.78 is 10.4. The lowest BCUT2D eigenvalue weighted by molar-refractivity contribution is -0.131. The van der Waals surface area contributed by atoms with Gasteiger partial charge in [-0.1, -0.05) is 51.2 Å². The van der Waals surface area contributed by atoms with Crippen molar-refractivity contribution in [2.24, 2.45) is 5.92 Å². The minimum absolute atomic E-state index is 0.384. The van der Waals surface area contributed by atoms with Crippen LogP contribution >= 0.6 is 0 Å². The molecule has 0 spiro atoms. The maximum Gasteiger partial charge on any atom is 0.343 e. The van der Waals surface area contributed by atoms with Gasteiger partial charge in [-0.2, -0.15) is 0 Å². The summed E-state index contributed by atoms with van der Waals surface area (Å²) in [5, 5.41) is 0. The first kappa shape index (κ1) is 23.1. The molecule has 2 aromatic rings. The molecule has 4 heteroatoms. The van der Waals surface area contributed by atoms with Crippen LogP contribution < -0.4 is 9.47 Å². The summed E-state index contributed by atoms with van der Waals surface area (Å²) in [6, 6.07) is 14.3. The molecule has 0 bridgehead atoms. The number of hydrogen-bond acceptors (Lipinski definition) is 4. The molecule has 0 aromatic heterocycles. The quantitative estimate of drug-likeness (QED) is 0.246. The monoisotopic (exact) mass is 422 g/mol. The lowest BCUT2D eigenvalue weighted by Crippen LogP contribution is -2.14.